The van der Waals surface area contributed by atoms with Gasteiger partial charge in [0.05, 0.1) is 17.1 Å². The topological polar surface area (TPSA) is 59.0 Å². The van der Waals surface area contributed by atoms with Crippen LogP contribution in [0.5, 0.6) is 0 Å². The van der Waals surface area contributed by atoms with E-state index in [4.69, 9.17) is 0 Å². The summed E-state index contributed by atoms with van der Waals surface area (Å²) in [5, 5.41) is 11.2. The van der Waals surface area contributed by atoms with Gasteiger partial charge < -0.3 is 10.6 Å². The van der Waals surface area contributed by atoms with E-state index in [1.165, 1.54) is 12.8 Å². The van der Waals surface area contributed by atoms with Crippen molar-refractivity contribution in [1.29, 1.82) is 0 Å². The van der Waals surface area contributed by atoms with Gasteiger partial charge in [0.1, 0.15) is 0 Å². The fraction of sp³-hybridized carbons (Fsp3) is 0.474. The van der Waals surface area contributed by atoms with Crippen molar-refractivity contribution in [2.75, 3.05) is 5.32 Å². The smallest absolute Gasteiger partial charge is 0.224 e. The van der Waals surface area contributed by atoms with E-state index in [0.717, 1.165) is 29.9 Å². The molecule has 3 heterocycles. The van der Waals surface area contributed by atoms with Crippen molar-refractivity contribution in [2.45, 2.75) is 51.1 Å². The Morgan fingerprint density at radius 3 is 2.64 bits per heavy atom. The lowest BCUT2D eigenvalue weighted by Crippen LogP contribution is -2.39. The third-order valence-electron chi connectivity index (χ3n) is 5.19. The molecule has 2 aliphatic rings. The lowest BCUT2D eigenvalue weighted by molar-refractivity contribution is -0.117. The minimum Gasteiger partial charge on any atom is -0.324 e. The van der Waals surface area contributed by atoms with Gasteiger partial charge >= 0.3 is 0 Å². The van der Waals surface area contributed by atoms with Crippen LogP contribution < -0.4 is 10.6 Å². The van der Waals surface area contributed by atoms with E-state index in [2.05, 4.69) is 15.7 Å². The van der Waals surface area contributed by atoms with Gasteiger partial charge in [-0.1, -0.05) is 12.1 Å². The molecule has 2 saturated heterocycles. The second kappa shape index (κ2) is 7.58. The SMILES string of the molecule is Cc1ccn(-c2ccccc2NC(=O)CC2CC3CCC(C2)N3)n1.Cl. The van der Waals surface area contributed by atoms with Gasteiger partial charge in [0.2, 0.25) is 5.91 Å². The second-order valence-electron chi connectivity index (χ2n) is 7.15. The Kier molecular flexibility index (Phi) is 5.45. The van der Waals surface area contributed by atoms with Gasteiger partial charge in [-0.2, -0.15) is 5.10 Å². The molecule has 1 aromatic heterocycles. The van der Waals surface area contributed by atoms with Crippen molar-refractivity contribution in [3.8, 4) is 5.69 Å². The minimum atomic E-state index is 0. The first-order valence-corrected chi connectivity index (χ1v) is 8.85. The fourth-order valence-corrected chi connectivity index (χ4v) is 4.13. The molecule has 1 amide bonds. The van der Waals surface area contributed by atoms with Crippen LogP contribution in [-0.2, 0) is 4.79 Å². The number of benzene rings is 1. The van der Waals surface area contributed by atoms with Crippen LogP contribution in [0.2, 0.25) is 0 Å². The lowest BCUT2D eigenvalue weighted by atomic mass is 9.89. The largest absolute Gasteiger partial charge is 0.324 e. The van der Waals surface area contributed by atoms with Crippen molar-refractivity contribution in [3.05, 3.63) is 42.2 Å². The van der Waals surface area contributed by atoms with E-state index in [1.54, 1.807) is 0 Å². The molecular weight excluding hydrogens is 336 g/mol. The molecule has 0 spiro atoms. The summed E-state index contributed by atoms with van der Waals surface area (Å²) in [4.78, 5) is 12.5. The monoisotopic (exact) mass is 360 g/mol. The summed E-state index contributed by atoms with van der Waals surface area (Å²) in [6.45, 7) is 1.96. The third kappa shape index (κ3) is 4.05. The number of aromatic nitrogens is 2. The summed E-state index contributed by atoms with van der Waals surface area (Å²) < 4.78 is 1.82. The number of hydrogen-bond acceptors (Lipinski definition) is 3. The van der Waals surface area contributed by atoms with E-state index < -0.39 is 0 Å². The maximum atomic E-state index is 12.5. The Labute approximate surface area is 154 Å². The van der Waals surface area contributed by atoms with E-state index in [0.29, 0.717) is 24.4 Å². The number of hydrogen-bond donors (Lipinski definition) is 2. The van der Waals surface area contributed by atoms with Crippen LogP contribution in [0.1, 0.15) is 37.8 Å². The van der Waals surface area contributed by atoms with Crippen molar-refractivity contribution in [3.63, 3.8) is 0 Å². The number of carbonyl (C=O) groups is 1. The van der Waals surface area contributed by atoms with Gasteiger partial charge in [0.25, 0.3) is 0 Å². The molecule has 1 aromatic carbocycles. The van der Waals surface area contributed by atoms with Crippen LogP contribution >= 0.6 is 12.4 Å². The highest BCUT2D eigenvalue weighted by atomic mass is 35.5. The van der Waals surface area contributed by atoms with Crippen LogP contribution in [-0.4, -0.2) is 27.8 Å². The Morgan fingerprint density at radius 1 is 1.24 bits per heavy atom. The van der Waals surface area contributed by atoms with Crippen LogP contribution in [0.3, 0.4) is 0 Å². The minimum absolute atomic E-state index is 0. The highest BCUT2D eigenvalue weighted by Gasteiger charge is 2.34. The van der Waals surface area contributed by atoms with Gasteiger partial charge in [0, 0.05) is 24.7 Å². The number of para-hydroxylation sites is 2. The number of aryl methyl sites for hydroxylation is 1. The standard InChI is InChI=1S/C19H24N4O.ClH/c1-13-8-9-23(22-13)18-5-3-2-4-17(18)21-19(24)12-14-10-15-6-7-16(11-14)20-15;/h2-5,8-9,14-16,20H,6-7,10-12H2,1H3,(H,21,24);1H. The molecule has 2 aliphatic heterocycles. The van der Waals surface area contributed by atoms with Crippen molar-refractivity contribution < 1.29 is 4.79 Å². The number of carbonyl (C=O) groups excluding carboxylic acids is 1. The third-order valence-corrected chi connectivity index (χ3v) is 5.19. The predicted octanol–water partition coefficient (Wildman–Crippen LogP) is 3.46. The molecule has 2 atom stereocenters. The summed E-state index contributed by atoms with van der Waals surface area (Å²) in [6, 6.07) is 11.0. The molecule has 0 radical (unpaired) electrons. The molecule has 2 N–H and O–H groups in total. The number of amides is 1. The normalized spacial score (nSPS) is 24.6. The van der Waals surface area contributed by atoms with Gasteiger partial charge in [-0.3, -0.25) is 4.79 Å². The summed E-state index contributed by atoms with van der Waals surface area (Å²) in [6.07, 6.45) is 7.33. The number of piperidine rings is 1. The predicted molar refractivity (Wildman–Crippen MR) is 101 cm³/mol. The van der Waals surface area contributed by atoms with Crippen LogP contribution in [0.4, 0.5) is 5.69 Å². The highest BCUT2D eigenvalue weighted by Crippen LogP contribution is 2.33. The van der Waals surface area contributed by atoms with E-state index >= 15 is 0 Å². The molecule has 5 nitrogen and oxygen atoms in total. The Balaban J connectivity index is 0.00000182. The van der Waals surface area contributed by atoms with Crippen LogP contribution in [0, 0.1) is 12.8 Å². The average molecular weight is 361 g/mol. The Bertz CT molecular complexity index is 733. The molecule has 2 aromatic rings. The Hall–Kier alpha value is -1.85. The summed E-state index contributed by atoms with van der Waals surface area (Å²) in [5.74, 6) is 0.612. The number of halogens is 1. The molecule has 2 unspecified atom stereocenters. The van der Waals surface area contributed by atoms with Gasteiger partial charge in [-0.15, -0.1) is 12.4 Å². The van der Waals surface area contributed by atoms with E-state index in [-0.39, 0.29) is 18.3 Å². The average Bonchev–Trinajstić information content (AvgIpc) is 3.13. The van der Waals surface area contributed by atoms with Gasteiger partial charge in [-0.05, 0) is 56.7 Å². The molecule has 134 valence electrons. The number of nitrogens with zero attached hydrogens (tertiary/aromatic N) is 2. The molecule has 6 heteroatoms. The molecular formula is C19H25ClN4O. The summed E-state index contributed by atoms with van der Waals surface area (Å²) in [5.41, 5.74) is 2.69. The lowest BCUT2D eigenvalue weighted by Gasteiger charge is -2.28. The van der Waals surface area contributed by atoms with Crippen molar-refractivity contribution in [1.82, 2.24) is 15.1 Å². The first-order chi connectivity index (χ1) is 11.7. The molecule has 25 heavy (non-hydrogen) atoms. The summed E-state index contributed by atoms with van der Waals surface area (Å²) in [7, 11) is 0. The van der Waals surface area contributed by atoms with Crippen molar-refractivity contribution >= 4 is 24.0 Å². The molecule has 2 bridgehead atoms. The molecule has 2 fully saturated rings. The molecule has 0 saturated carbocycles. The zero-order valence-corrected chi connectivity index (χ0v) is 15.3. The van der Waals surface area contributed by atoms with Crippen LogP contribution in [0.25, 0.3) is 5.69 Å². The second-order valence-corrected chi connectivity index (χ2v) is 7.15. The maximum Gasteiger partial charge on any atom is 0.224 e. The van der Waals surface area contributed by atoms with Gasteiger partial charge in [-0.25, -0.2) is 4.68 Å². The first-order valence-electron chi connectivity index (χ1n) is 8.85. The number of nitrogens with one attached hydrogen (secondary N) is 2. The maximum absolute atomic E-state index is 12.5. The quantitative estimate of drug-likeness (QED) is 0.877. The van der Waals surface area contributed by atoms with Crippen LogP contribution in [0.15, 0.2) is 36.5 Å². The first kappa shape index (κ1) is 18.0. The number of rotatable bonds is 4. The van der Waals surface area contributed by atoms with E-state index in [9.17, 15) is 4.79 Å². The zero-order chi connectivity index (χ0) is 16.5. The molecule has 4 rings (SSSR count). The number of fused-ring (bicyclic) bond motifs is 2. The Morgan fingerprint density at radius 2 is 1.96 bits per heavy atom. The highest BCUT2D eigenvalue weighted by molar-refractivity contribution is 5.93. The van der Waals surface area contributed by atoms with Gasteiger partial charge in [0.15, 0.2) is 0 Å². The fourth-order valence-electron chi connectivity index (χ4n) is 4.13. The molecule has 0 aliphatic carbocycles. The van der Waals surface area contributed by atoms with E-state index in [1.807, 2.05) is 48.1 Å². The summed E-state index contributed by atoms with van der Waals surface area (Å²) >= 11 is 0. The zero-order valence-electron chi connectivity index (χ0n) is 14.4. The number of anilines is 1. The van der Waals surface area contributed by atoms with Crippen molar-refractivity contribution in [2.24, 2.45) is 5.92 Å².